The lowest BCUT2D eigenvalue weighted by Gasteiger charge is -2.11. The highest BCUT2D eigenvalue weighted by Gasteiger charge is 2.26. The Bertz CT molecular complexity index is 1060. The third kappa shape index (κ3) is 4.57. The van der Waals surface area contributed by atoms with Crippen molar-refractivity contribution in [1.82, 2.24) is 4.98 Å². The lowest BCUT2D eigenvalue weighted by Crippen LogP contribution is -2.10. The van der Waals surface area contributed by atoms with Crippen molar-refractivity contribution < 1.29 is 28.3 Å². The first-order valence-corrected chi connectivity index (χ1v) is 9.10. The van der Waals surface area contributed by atoms with Gasteiger partial charge in [-0.15, -0.1) is 0 Å². The number of nitro groups is 1. The minimum Gasteiger partial charge on any atom is -0.493 e. The maximum Gasteiger partial charge on any atom is 0.345 e. The summed E-state index contributed by atoms with van der Waals surface area (Å²) in [6, 6.07) is 9.96. The second-order valence-corrected chi connectivity index (χ2v) is 6.30. The zero-order valence-corrected chi connectivity index (χ0v) is 16.7. The van der Waals surface area contributed by atoms with Crippen molar-refractivity contribution in [3.05, 3.63) is 69.6 Å². The van der Waals surface area contributed by atoms with E-state index in [4.69, 9.17) is 18.6 Å². The number of carbonyl (C=O) groups is 1. The van der Waals surface area contributed by atoms with E-state index < -0.39 is 16.6 Å². The SMILES string of the molecule is CCOc1cc([N+](=O)[O-])c(C(=O)OCc2coc(-c3ccc(C)cc3)n2)cc1OC. The Morgan fingerprint density at radius 2 is 1.93 bits per heavy atom. The van der Waals surface area contributed by atoms with E-state index in [0.29, 0.717) is 11.6 Å². The highest BCUT2D eigenvalue weighted by Crippen LogP contribution is 2.35. The summed E-state index contributed by atoms with van der Waals surface area (Å²) < 4.78 is 21.1. The van der Waals surface area contributed by atoms with Crippen molar-refractivity contribution in [2.45, 2.75) is 20.5 Å². The van der Waals surface area contributed by atoms with Gasteiger partial charge in [0.15, 0.2) is 11.5 Å². The minimum absolute atomic E-state index is 0.169. The number of oxazole rings is 1. The number of nitro benzene ring substituents is 1. The number of aromatic nitrogens is 1. The van der Waals surface area contributed by atoms with Crippen LogP contribution < -0.4 is 9.47 Å². The Labute approximate surface area is 172 Å². The topological polar surface area (TPSA) is 114 Å². The first kappa shape index (κ1) is 20.8. The molecule has 156 valence electrons. The van der Waals surface area contributed by atoms with Crippen LogP contribution in [0.25, 0.3) is 11.5 Å². The van der Waals surface area contributed by atoms with Crippen molar-refractivity contribution in [2.24, 2.45) is 0 Å². The molecule has 1 heterocycles. The fourth-order valence-electron chi connectivity index (χ4n) is 2.71. The number of rotatable bonds is 8. The van der Waals surface area contributed by atoms with Gasteiger partial charge in [0.2, 0.25) is 5.89 Å². The lowest BCUT2D eigenvalue weighted by molar-refractivity contribution is -0.385. The number of esters is 1. The molecule has 0 atom stereocenters. The lowest BCUT2D eigenvalue weighted by atomic mass is 10.1. The molecule has 9 heteroatoms. The summed E-state index contributed by atoms with van der Waals surface area (Å²) in [5.74, 6) is -0.141. The average molecular weight is 412 g/mol. The van der Waals surface area contributed by atoms with Crippen molar-refractivity contribution in [3.63, 3.8) is 0 Å². The van der Waals surface area contributed by atoms with Crippen LogP contribution in [0.3, 0.4) is 0 Å². The first-order valence-electron chi connectivity index (χ1n) is 9.10. The summed E-state index contributed by atoms with van der Waals surface area (Å²) in [4.78, 5) is 27.5. The van der Waals surface area contributed by atoms with E-state index in [1.165, 1.54) is 19.4 Å². The van der Waals surface area contributed by atoms with Gasteiger partial charge < -0.3 is 18.6 Å². The number of aryl methyl sites for hydroxylation is 1. The monoisotopic (exact) mass is 412 g/mol. The van der Waals surface area contributed by atoms with Crippen molar-refractivity contribution in [3.8, 4) is 23.0 Å². The third-order valence-electron chi connectivity index (χ3n) is 4.20. The Morgan fingerprint density at radius 3 is 2.57 bits per heavy atom. The van der Waals surface area contributed by atoms with Crippen LogP contribution in [0.5, 0.6) is 11.5 Å². The van der Waals surface area contributed by atoms with Gasteiger partial charge in [-0.25, -0.2) is 9.78 Å². The Kier molecular flexibility index (Phi) is 6.31. The summed E-state index contributed by atoms with van der Waals surface area (Å²) in [6.45, 7) is 3.78. The fourth-order valence-corrected chi connectivity index (χ4v) is 2.71. The van der Waals surface area contributed by atoms with Gasteiger partial charge in [0.1, 0.15) is 24.1 Å². The molecule has 3 rings (SSSR count). The van der Waals surface area contributed by atoms with Gasteiger partial charge in [0.05, 0.1) is 24.7 Å². The minimum atomic E-state index is -0.886. The summed E-state index contributed by atoms with van der Waals surface area (Å²) in [5, 5.41) is 11.4. The number of benzene rings is 2. The normalized spacial score (nSPS) is 10.5. The Morgan fingerprint density at radius 1 is 1.20 bits per heavy atom. The van der Waals surface area contributed by atoms with Crippen LogP contribution in [-0.4, -0.2) is 29.6 Å². The highest BCUT2D eigenvalue weighted by atomic mass is 16.6. The predicted molar refractivity (Wildman–Crippen MR) is 107 cm³/mol. The molecule has 0 bridgehead atoms. The molecule has 0 aliphatic heterocycles. The number of methoxy groups -OCH3 is 1. The van der Waals surface area contributed by atoms with Gasteiger partial charge in [-0.1, -0.05) is 17.7 Å². The zero-order chi connectivity index (χ0) is 21.7. The van der Waals surface area contributed by atoms with Gasteiger partial charge in [-0.3, -0.25) is 10.1 Å². The van der Waals surface area contributed by atoms with Crippen LogP contribution in [-0.2, 0) is 11.3 Å². The smallest absolute Gasteiger partial charge is 0.345 e. The molecule has 3 aromatic rings. The average Bonchev–Trinajstić information content (AvgIpc) is 3.21. The standard InChI is InChI=1S/C21H20N2O7/c1-4-28-19-10-17(23(25)26)16(9-18(19)27-3)21(24)30-12-15-11-29-20(22-15)14-7-5-13(2)6-8-14/h5-11H,4,12H2,1-3H3. The van der Waals surface area contributed by atoms with E-state index in [-0.39, 0.29) is 30.3 Å². The molecular weight excluding hydrogens is 392 g/mol. The molecule has 0 aliphatic rings. The van der Waals surface area contributed by atoms with Gasteiger partial charge in [-0.05, 0) is 26.0 Å². The van der Waals surface area contributed by atoms with E-state index in [2.05, 4.69) is 4.98 Å². The predicted octanol–water partition coefficient (Wildman–Crippen LogP) is 4.32. The highest BCUT2D eigenvalue weighted by molar-refractivity contribution is 5.95. The van der Waals surface area contributed by atoms with E-state index in [1.54, 1.807) is 6.92 Å². The molecule has 0 amide bonds. The quantitative estimate of drug-likeness (QED) is 0.305. The number of ether oxygens (including phenoxy) is 3. The number of hydrogen-bond donors (Lipinski definition) is 0. The third-order valence-corrected chi connectivity index (χ3v) is 4.20. The van der Waals surface area contributed by atoms with Gasteiger partial charge >= 0.3 is 5.97 Å². The van der Waals surface area contributed by atoms with Crippen molar-refractivity contribution in [1.29, 1.82) is 0 Å². The Hall–Kier alpha value is -3.88. The Balaban J connectivity index is 1.77. The number of hydrogen-bond acceptors (Lipinski definition) is 8. The number of carbonyl (C=O) groups excluding carboxylic acids is 1. The first-order chi connectivity index (χ1) is 14.4. The molecule has 2 aromatic carbocycles. The summed E-state index contributed by atoms with van der Waals surface area (Å²) >= 11 is 0. The molecule has 9 nitrogen and oxygen atoms in total. The molecular formula is C21H20N2O7. The molecule has 0 unspecified atom stereocenters. The second-order valence-electron chi connectivity index (χ2n) is 6.30. The van der Waals surface area contributed by atoms with E-state index in [9.17, 15) is 14.9 Å². The van der Waals surface area contributed by atoms with Crippen molar-refractivity contribution >= 4 is 11.7 Å². The molecule has 0 saturated heterocycles. The van der Waals surface area contributed by atoms with Gasteiger partial charge in [0.25, 0.3) is 5.69 Å². The molecule has 0 radical (unpaired) electrons. The second kappa shape index (κ2) is 9.08. The van der Waals surface area contributed by atoms with Crippen LogP contribution in [0, 0.1) is 17.0 Å². The van der Waals surface area contributed by atoms with Crippen LogP contribution in [0.1, 0.15) is 28.5 Å². The van der Waals surface area contributed by atoms with E-state index in [0.717, 1.165) is 17.2 Å². The molecule has 0 aliphatic carbocycles. The summed E-state index contributed by atoms with van der Waals surface area (Å²) in [6.07, 6.45) is 1.37. The molecule has 1 aromatic heterocycles. The van der Waals surface area contributed by atoms with Gasteiger partial charge in [-0.2, -0.15) is 0 Å². The zero-order valence-electron chi connectivity index (χ0n) is 16.7. The van der Waals surface area contributed by atoms with E-state index in [1.807, 2.05) is 31.2 Å². The van der Waals surface area contributed by atoms with Crippen LogP contribution in [0.2, 0.25) is 0 Å². The van der Waals surface area contributed by atoms with Gasteiger partial charge in [0, 0.05) is 11.6 Å². The molecule has 0 spiro atoms. The van der Waals surface area contributed by atoms with Crippen LogP contribution in [0.15, 0.2) is 47.1 Å². The number of nitrogens with zero attached hydrogens (tertiary/aromatic N) is 2. The molecule has 0 saturated carbocycles. The van der Waals surface area contributed by atoms with Crippen molar-refractivity contribution in [2.75, 3.05) is 13.7 Å². The van der Waals surface area contributed by atoms with Crippen LogP contribution >= 0.6 is 0 Å². The largest absolute Gasteiger partial charge is 0.493 e. The summed E-state index contributed by atoms with van der Waals surface area (Å²) in [7, 11) is 1.38. The van der Waals surface area contributed by atoms with Crippen LogP contribution in [0.4, 0.5) is 5.69 Å². The molecule has 30 heavy (non-hydrogen) atoms. The fraction of sp³-hybridized carbons (Fsp3) is 0.238. The maximum absolute atomic E-state index is 12.5. The summed E-state index contributed by atoms with van der Waals surface area (Å²) in [5.41, 5.74) is 1.57. The maximum atomic E-state index is 12.5. The molecule has 0 N–H and O–H groups in total. The van der Waals surface area contributed by atoms with E-state index >= 15 is 0 Å². The molecule has 0 fully saturated rings.